The second-order valence-corrected chi connectivity index (χ2v) is 23.4. The topological polar surface area (TPSA) is 204 Å². The van der Waals surface area contributed by atoms with Gasteiger partial charge in [0.15, 0.2) is 11.6 Å². The van der Waals surface area contributed by atoms with Crippen LogP contribution in [0.4, 0.5) is 10.2 Å². The summed E-state index contributed by atoms with van der Waals surface area (Å²) in [6.07, 6.45) is 5.49. The SMILES string of the molecule is CCc1cccc2cc(O)cc(-c3ncc4c(N5CC6CCC(C5)N6)nc(OCCN5CCC(C)(COc6cc([C@@H](C(=O)N7C[C@H](O)C[C@H]7C(=O)N[C@@H](C)c7ccc(-c8scnc8C)cc7)C(C)C)on6)CC5)nc4c3F)c12. The molecular weight excluding hydrogens is 1010 g/mol. The molecule has 11 rings (SSSR count). The predicted molar refractivity (Wildman–Crippen MR) is 297 cm³/mol. The molecule has 4 N–H and O–H groups in total. The van der Waals surface area contributed by atoms with Crippen molar-refractivity contribution in [2.45, 2.75) is 116 Å². The molecule has 2 bridgehead atoms. The zero-order chi connectivity index (χ0) is 54.4. The molecule has 4 aliphatic heterocycles. The molecule has 410 valence electrons. The summed E-state index contributed by atoms with van der Waals surface area (Å²) in [5.74, 6) is -0.937. The van der Waals surface area contributed by atoms with Crippen LogP contribution in [0.5, 0.6) is 17.6 Å². The number of aliphatic hydroxyl groups excluding tert-OH is 1. The molecule has 2 unspecified atom stereocenters. The number of nitrogens with one attached hydrogen (secondary N) is 2. The van der Waals surface area contributed by atoms with Crippen molar-refractivity contribution in [2.24, 2.45) is 11.3 Å². The van der Waals surface area contributed by atoms with Crippen molar-refractivity contribution in [3.63, 3.8) is 0 Å². The van der Waals surface area contributed by atoms with Gasteiger partial charge >= 0.3 is 6.01 Å². The minimum absolute atomic E-state index is 0.0298. The Morgan fingerprint density at radius 3 is 2.49 bits per heavy atom. The number of pyridine rings is 1. The van der Waals surface area contributed by atoms with Crippen molar-refractivity contribution in [1.29, 1.82) is 0 Å². The predicted octanol–water partition coefficient (Wildman–Crippen LogP) is 8.75. The summed E-state index contributed by atoms with van der Waals surface area (Å²) < 4.78 is 35.5. The van der Waals surface area contributed by atoms with Gasteiger partial charge in [-0.2, -0.15) is 9.97 Å². The van der Waals surface area contributed by atoms with E-state index in [1.165, 1.54) is 4.90 Å². The quantitative estimate of drug-likeness (QED) is 0.0673. The van der Waals surface area contributed by atoms with Crippen LogP contribution in [-0.4, -0.2) is 134 Å². The number of phenolic OH excluding ortho intramolecular Hbond substituents is 1. The van der Waals surface area contributed by atoms with Crippen LogP contribution in [0.25, 0.3) is 43.4 Å². The van der Waals surface area contributed by atoms with Gasteiger partial charge in [-0.3, -0.25) is 19.5 Å². The third-order valence-corrected chi connectivity index (χ3v) is 17.5. The molecule has 0 radical (unpaired) electrons. The lowest BCUT2D eigenvalue weighted by molar-refractivity contribution is -0.141. The third kappa shape index (κ3) is 10.9. The highest BCUT2D eigenvalue weighted by Gasteiger charge is 2.44. The number of carbonyl (C=O) groups excluding carboxylic acids is 2. The van der Waals surface area contributed by atoms with Crippen LogP contribution in [0.1, 0.15) is 101 Å². The molecule has 0 aliphatic carbocycles. The summed E-state index contributed by atoms with van der Waals surface area (Å²) in [5.41, 5.74) is 6.39. The van der Waals surface area contributed by atoms with Gasteiger partial charge in [0.1, 0.15) is 41.3 Å². The number of nitrogens with zero attached hydrogens (tertiary/aromatic N) is 8. The number of aromatic nitrogens is 5. The number of phenols is 1. The van der Waals surface area contributed by atoms with Crippen LogP contribution in [-0.2, 0) is 16.0 Å². The first-order chi connectivity index (χ1) is 37.6. The average Bonchev–Trinajstić information content (AvgIpc) is 4.28. The second kappa shape index (κ2) is 22.1. The molecule has 4 aromatic heterocycles. The molecule has 78 heavy (non-hydrogen) atoms. The summed E-state index contributed by atoms with van der Waals surface area (Å²) in [4.78, 5) is 54.0. The molecule has 7 aromatic rings. The highest BCUT2D eigenvalue weighted by atomic mass is 32.1. The van der Waals surface area contributed by atoms with Gasteiger partial charge in [0.2, 0.25) is 11.8 Å². The molecule has 2 amide bonds. The molecule has 4 saturated heterocycles. The Labute approximate surface area is 457 Å². The van der Waals surface area contributed by atoms with Crippen LogP contribution in [0.2, 0.25) is 0 Å². The molecule has 17 nitrogen and oxygen atoms in total. The van der Waals surface area contributed by atoms with Crippen molar-refractivity contribution in [2.75, 3.05) is 57.4 Å². The van der Waals surface area contributed by atoms with Crippen molar-refractivity contribution >= 4 is 50.6 Å². The Morgan fingerprint density at radius 1 is 1.00 bits per heavy atom. The Balaban J connectivity index is 0.711. The number of piperazine rings is 1. The fraction of sp³-hybridized carbons (Fsp3) is 0.475. The molecular formula is C59H69FN10O7S. The van der Waals surface area contributed by atoms with Gasteiger partial charge in [0.05, 0.1) is 40.2 Å². The zero-order valence-corrected chi connectivity index (χ0v) is 46.0. The number of fused-ring (bicyclic) bond motifs is 4. The molecule has 4 fully saturated rings. The zero-order valence-electron chi connectivity index (χ0n) is 45.2. The number of aromatic hydroxyl groups is 1. The van der Waals surface area contributed by atoms with E-state index in [0.29, 0.717) is 54.4 Å². The summed E-state index contributed by atoms with van der Waals surface area (Å²) in [6, 6.07) is 18.4. The summed E-state index contributed by atoms with van der Waals surface area (Å²) in [6.45, 7) is 16.3. The van der Waals surface area contributed by atoms with Crippen LogP contribution < -0.4 is 25.0 Å². The van der Waals surface area contributed by atoms with E-state index in [4.69, 9.17) is 28.9 Å². The number of rotatable bonds is 17. The van der Waals surface area contributed by atoms with Gasteiger partial charge in [-0.25, -0.2) is 9.37 Å². The van der Waals surface area contributed by atoms with Crippen LogP contribution in [0, 0.1) is 24.1 Å². The minimum Gasteiger partial charge on any atom is -0.508 e. The Kier molecular flexibility index (Phi) is 15.1. The Hall–Kier alpha value is -6.80. The number of benzene rings is 3. The third-order valence-electron chi connectivity index (χ3n) is 16.5. The average molecular weight is 1080 g/mol. The van der Waals surface area contributed by atoms with Gasteiger partial charge in [0.25, 0.3) is 5.88 Å². The number of hydrogen-bond acceptors (Lipinski definition) is 16. The molecule has 3 aromatic carbocycles. The maximum absolute atomic E-state index is 17.1. The summed E-state index contributed by atoms with van der Waals surface area (Å²) in [7, 11) is 0. The van der Waals surface area contributed by atoms with E-state index in [2.05, 4.69) is 44.4 Å². The summed E-state index contributed by atoms with van der Waals surface area (Å²) in [5, 5.41) is 34.7. The van der Waals surface area contributed by atoms with E-state index >= 15 is 4.39 Å². The standard InChI is InChI=1S/C59H69FN10O7S/c1-7-36-9-8-10-39-23-42(71)24-44(50(36)39)52-51(60)53-45(27-61-52)55(69-28-40-15-16-41(29-69)64-40)66-58(65-53)75-22-21-68-19-17-59(6,18-20-68)31-76-48-26-47(77-67-48)49(33(2)3)57(74)70-30-43(72)25-46(70)56(73)63-34(4)37-11-13-38(14-12-37)54-35(5)62-32-78-54/h8-14,23-24,26-27,32-34,40-41,43,46,49,64,71-72H,7,15-22,25,28-31H2,1-6H3,(H,63,73)/t34-,40?,41?,43+,46-,49-/m0/s1. The van der Waals surface area contributed by atoms with Crippen molar-refractivity contribution in [1.82, 2.24) is 45.5 Å². The van der Waals surface area contributed by atoms with Gasteiger partial charge in [-0.05, 0) is 110 Å². The number of likely N-dealkylation sites (tertiary alicyclic amines) is 2. The smallest absolute Gasteiger partial charge is 0.319 e. The lowest BCUT2D eigenvalue weighted by atomic mass is 9.81. The Bertz CT molecular complexity index is 3310. The highest BCUT2D eigenvalue weighted by molar-refractivity contribution is 7.13. The fourth-order valence-corrected chi connectivity index (χ4v) is 12.8. The van der Waals surface area contributed by atoms with Gasteiger partial charge in [-0.1, -0.05) is 70.2 Å². The van der Waals surface area contributed by atoms with Crippen LogP contribution >= 0.6 is 11.3 Å². The number of thiazole rings is 1. The number of anilines is 1. The monoisotopic (exact) mass is 1080 g/mol. The number of halogens is 1. The molecule has 0 spiro atoms. The fourth-order valence-electron chi connectivity index (χ4n) is 12.0. The van der Waals surface area contributed by atoms with Crippen molar-refractivity contribution < 1.29 is 38.2 Å². The van der Waals surface area contributed by atoms with Crippen molar-refractivity contribution in [3.05, 3.63) is 101 Å². The van der Waals surface area contributed by atoms with E-state index < -0.39 is 23.9 Å². The van der Waals surface area contributed by atoms with Gasteiger partial charge < -0.3 is 44.6 Å². The minimum atomic E-state index is -0.853. The van der Waals surface area contributed by atoms with E-state index in [1.54, 1.807) is 35.7 Å². The largest absolute Gasteiger partial charge is 0.508 e. The van der Waals surface area contributed by atoms with Gasteiger partial charge in [0, 0.05) is 67.9 Å². The maximum Gasteiger partial charge on any atom is 0.319 e. The molecule has 4 aliphatic rings. The maximum atomic E-state index is 17.1. The van der Waals surface area contributed by atoms with Gasteiger partial charge in [-0.15, -0.1) is 11.3 Å². The van der Waals surface area contributed by atoms with Crippen LogP contribution in [0.3, 0.4) is 0 Å². The molecule has 8 heterocycles. The highest BCUT2D eigenvalue weighted by Crippen LogP contribution is 2.40. The molecule has 19 heteroatoms. The number of piperidine rings is 1. The number of hydrogen-bond donors (Lipinski definition) is 4. The van der Waals surface area contributed by atoms with E-state index in [-0.39, 0.29) is 71.0 Å². The summed E-state index contributed by atoms with van der Waals surface area (Å²) >= 11 is 1.59. The second-order valence-electron chi connectivity index (χ2n) is 22.5. The lowest BCUT2D eigenvalue weighted by Gasteiger charge is -2.38. The molecule has 0 saturated carbocycles. The van der Waals surface area contributed by atoms with Crippen molar-refractivity contribution in [3.8, 4) is 39.3 Å². The number of amides is 2. The van der Waals surface area contributed by atoms with Crippen LogP contribution in [0.15, 0.2) is 76.9 Å². The number of β-amino-alcohol motifs (C(OH)–C–C–N with tert-alkyl or cyclic N) is 1. The normalized spacial score (nSPS) is 21.1. The first kappa shape index (κ1) is 53.2. The molecule has 6 atom stereocenters. The van der Waals surface area contributed by atoms with E-state index in [1.807, 2.05) is 75.7 Å². The number of aryl methyl sites for hydroxylation is 2. The number of ether oxygens (including phenoxy) is 2. The lowest BCUT2D eigenvalue weighted by Crippen LogP contribution is -2.51. The van der Waals surface area contributed by atoms with E-state index in [9.17, 15) is 19.8 Å². The Morgan fingerprint density at radius 2 is 1.77 bits per heavy atom. The first-order valence-corrected chi connectivity index (χ1v) is 28.4. The number of carbonyl (C=O) groups is 2. The number of aliphatic hydroxyl groups is 1. The first-order valence-electron chi connectivity index (χ1n) is 27.5. The van der Waals surface area contributed by atoms with E-state index in [0.717, 1.165) is 96.3 Å².